The summed E-state index contributed by atoms with van der Waals surface area (Å²) >= 11 is 15.0. The highest BCUT2D eigenvalue weighted by molar-refractivity contribution is 9.10. The van der Waals surface area contributed by atoms with Gasteiger partial charge in [-0.3, -0.25) is 0 Å². The third-order valence-electron chi connectivity index (χ3n) is 2.01. The maximum absolute atomic E-state index is 12.1. The summed E-state index contributed by atoms with van der Waals surface area (Å²) in [5.41, 5.74) is 0. The van der Waals surface area contributed by atoms with Crippen LogP contribution in [0.2, 0.25) is 10.0 Å². The van der Waals surface area contributed by atoms with Gasteiger partial charge >= 0.3 is 0 Å². The molecule has 0 heterocycles. The van der Waals surface area contributed by atoms with E-state index in [1.807, 2.05) is 0 Å². The van der Waals surface area contributed by atoms with Crippen LogP contribution in [0.1, 0.15) is 13.3 Å². The lowest BCUT2D eigenvalue weighted by atomic mass is 10.3. The lowest BCUT2D eigenvalue weighted by Gasteiger charge is -2.14. The Balaban J connectivity index is 3.18. The Morgan fingerprint density at radius 2 is 1.94 bits per heavy atom. The van der Waals surface area contributed by atoms with Crippen molar-refractivity contribution < 1.29 is 8.42 Å². The van der Waals surface area contributed by atoms with Gasteiger partial charge in [0.2, 0.25) is 10.0 Å². The van der Waals surface area contributed by atoms with E-state index in [4.69, 9.17) is 29.6 Å². The van der Waals surface area contributed by atoms with Crippen molar-refractivity contribution in [1.29, 1.82) is 0 Å². The van der Waals surface area contributed by atoms with E-state index in [1.54, 1.807) is 6.92 Å². The van der Waals surface area contributed by atoms with Crippen LogP contribution in [0.4, 0.5) is 0 Å². The molecule has 0 saturated heterocycles. The highest BCUT2D eigenvalue weighted by atomic mass is 79.9. The lowest BCUT2D eigenvalue weighted by Crippen LogP contribution is -2.32. The van der Waals surface area contributed by atoms with Crippen molar-refractivity contribution in [3.8, 4) is 12.3 Å². The molecule has 0 aliphatic heterocycles. The van der Waals surface area contributed by atoms with Gasteiger partial charge in [0.05, 0.1) is 10.0 Å². The molecule has 1 unspecified atom stereocenters. The van der Waals surface area contributed by atoms with Crippen molar-refractivity contribution in [2.24, 2.45) is 0 Å². The molecule has 1 aromatic rings. The third-order valence-corrected chi connectivity index (χ3v) is 4.98. The molecule has 0 aliphatic rings. The van der Waals surface area contributed by atoms with E-state index in [-0.39, 0.29) is 21.4 Å². The SMILES string of the molecule is C#CCC(C)NS(=O)(=O)c1c(Cl)cc(Br)cc1Cl. The van der Waals surface area contributed by atoms with E-state index < -0.39 is 16.1 Å². The van der Waals surface area contributed by atoms with Crippen molar-refractivity contribution in [1.82, 2.24) is 4.72 Å². The van der Waals surface area contributed by atoms with Crippen LogP contribution in [0.3, 0.4) is 0 Å². The summed E-state index contributed by atoms with van der Waals surface area (Å²) in [6.07, 6.45) is 5.41. The zero-order chi connectivity index (χ0) is 13.9. The minimum Gasteiger partial charge on any atom is -0.207 e. The first-order valence-electron chi connectivity index (χ1n) is 4.88. The van der Waals surface area contributed by atoms with Gasteiger partial charge in [-0.25, -0.2) is 13.1 Å². The number of rotatable bonds is 4. The van der Waals surface area contributed by atoms with Gasteiger partial charge in [-0.1, -0.05) is 39.1 Å². The molecule has 18 heavy (non-hydrogen) atoms. The number of halogens is 3. The van der Waals surface area contributed by atoms with Crippen molar-refractivity contribution >= 4 is 49.2 Å². The maximum atomic E-state index is 12.1. The molecule has 98 valence electrons. The second kappa shape index (κ2) is 6.27. The van der Waals surface area contributed by atoms with Crippen LogP contribution in [0.5, 0.6) is 0 Å². The molecule has 0 aliphatic carbocycles. The van der Waals surface area contributed by atoms with Crippen molar-refractivity contribution in [2.45, 2.75) is 24.3 Å². The molecule has 1 atom stereocenters. The number of benzene rings is 1. The Labute approximate surface area is 125 Å². The molecule has 0 fully saturated rings. The standard InChI is InChI=1S/C11H10BrCl2NO2S/c1-3-4-7(2)15-18(16,17)11-9(13)5-8(12)6-10(11)14/h1,5-7,15H,4H2,2H3. The van der Waals surface area contributed by atoms with E-state index in [1.165, 1.54) is 12.1 Å². The maximum Gasteiger partial charge on any atom is 0.243 e. The molecule has 1 rings (SSSR count). The monoisotopic (exact) mass is 369 g/mol. The molecule has 0 aromatic heterocycles. The second-order valence-electron chi connectivity index (χ2n) is 3.63. The summed E-state index contributed by atoms with van der Waals surface area (Å²) in [5, 5.41) is 0.101. The fourth-order valence-electron chi connectivity index (χ4n) is 1.33. The first kappa shape index (κ1) is 15.8. The van der Waals surface area contributed by atoms with E-state index >= 15 is 0 Å². The van der Waals surface area contributed by atoms with E-state index in [2.05, 4.69) is 26.6 Å². The Hall–Kier alpha value is -0.250. The molecule has 1 aromatic carbocycles. The average molecular weight is 371 g/mol. The molecule has 3 nitrogen and oxygen atoms in total. The van der Waals surface area contributed by atoms with E-state index in [0.29, 0.717) is 4.47 Å². The number of nitrogens with one attached hydrogen (secondary N) is 1. The summed E-state index contributed by atoms with van der Waals surface area (Å²) < 4.78 is 27.2. The van der Waals surface area contributed by atoms with Crippen molar-refractivity contribution in [3.63, 3.8) is 0 Å². The highest BCUT2D eigenvalue weighted by Gasteiger charge is 2.23. The number of terminal acetylenes is 1. The zero-order valence-electron chi connectivity index (χ0n) is 9.38. The van der Waals surface area contributed by atoms with E-state index in [0.717, 1.165) is 0 Å². The molecule has 0 spiro atoms. The fourth-order valence-corrected chi connectivity index (χ4v) is 4.51. The lowest BCUT2D eigenvalue weighted by molar-refractivity contribution is 0.564. The highest BCUT2D eigenvalue weighted by Crippen LogP contribution is 2.32. The summed E-state index contributed by atoms with van der Waals surface area (Å²) in [4.78, 5) is -0.141. The van der Waals surface area contributed by atoms with Crippen LogP contribution in [-0.2, 0) is 10.0 Å². The summed E-state index contributed by atoms with van der Waals surface area (Å²) in [6, 6.07) is 2.54. The van der Waals surface area contributed by atoms with Gasteiger partial charge in [-0.05, 0) is 19.1 Å². The average Bonchev–Trinajstić information content (AvgIpc) is 2.13. The Kier molecular flexibility index (Phi) is 5.50. The smallest absolute Gasteiger partial charge is 0.207 e. The summed E-state index contributed by atoms with van der Waals surface area (Å²) in [6.45, 7) is 1.66. The third kappa shape index (κ3) is 3.87. The quantitative estimate of drug-likeness (QED) is 0.825. The van der Waals surface area contributed by atoms with Crippen LogP contribution in [0.15, 0.2) is 21.5 Å². The molecule has 1 N–H and O–H groups in total. The largest absolute Gasteiger partial charge is 0.243 e. The Morgan fingerprint density at radius 3 is 2.39 bits per heavy atom. The van der Waals surface area contributed by atoms with Crippen LogP contribution in [-0.4, -0.2) is 14.5 Å². The van der Waals surface area contributed by atoms with Gasteiger partial charge in [0.1, 0.15) is 4.90 Å². The number of hydrogen-bond donors (Lipinski definition) is 1. The molecule has 0 radical (unpaired) electrons. The van der Waals surface area contributed by atoms with Crippen LogP contribution in [0.25, 0.3) is 0 Å². The van der Waals surface area contributed by atoms with Gasteiger partial charge in [0, 0.05) is 16.9 Å². The first-order valence-corrected chi connectivity index (χ1v) is 7.91. The fraction of sp³-hybridized carbons (Fsp3) is 0.273. The minimum absolute atomic E-state index is 0.0507. The van der Waals surface area contributed by atoms with Gasteiger partial charge in [0.25, 0.3) is 0 Å². The zero-order valence-corrected chi connectivity index (χ0v) is 13.3. The molecule has 7 heteroatoms. The van der Waals surface area contributed by atoms with Crippen LogP contribution in [0, 0.1) is 12.3 Å². The van der Waals surface area contributed by atoms with Gasteiger partial charge < -0.3 is 0 Å². The number of hydrogen-bond acceptors (Lipinski definition) is 2. The number of sulfonamides is 1. The van der Waals surface area contributed by atoms with Crippen molar-refractivity contribution in [3.05, 3.63) is 26.7 Å². The van der Waals surface area contributed by atoms with E-state index in [9.17, 15) is 8.42 Å². The molecular weight excluding hydrogens is 361 g/mol. The molecule has 0 bridgehead atoms. The minimum atomic E-state index is -3.79. The second-order valence-corrected chi connectivity index (χ2v) is 7.01. The topological polar surface area (TPSA) is 46.2 Å². The Morgan fingerprint density at radius 1 is 1.44 bits per heavy atom. The molecule has 0 amide bonds. The van der Waals surface area contributed by atoms with Crippen LogP contribution < -0.4 is 4.72 Å². The normalized spacial score (nSPS) is 13.1. The van der Waals surface area contributed by atoms with Gasteiger partial charge in [-0.2, -0.15) is 0 Å². The summed E-state index contributed by atoms with van der Waals surface area (Å²) in [5.74, 6) is 2.38. The van der Waals surface area contributed by atoms with Gasteiger partial charge in [-0.15, -0.1) is 12.3 Å². The van der Waals surface area contributed by atoms with Crippen LogP contribution >= 0.6 is 39.1 Å². The molecule has 0 saturated carbocycles. The molecular formula is C11H10BrCl2NO2S. The first-order chi connectivity index (χ1) is 8.27. The van der Waals surface area contributed by atoms with Gasteiger partial charge in [0.15, 0.2) is 0 Å². The predicted molar refractivity (Wildman–Crippen MR) is 77.4 cm³/mol. The van der Waals surface area contributed by atoms with Crippen molar-refractivity contribution in [2.75, 3.05) is 0 Å². The predicted octanol–water partition coefficient (Wildman–Crippen LogP) is 3.45. The summed E-state index contributed by atoms with van der Waals surface area (Å²) in [7, 11) is -3.79. The Bertz CT molecular complexity index is 573.